The van der Waals surface area contributed by atoms with E-state index in [1.165, 1.54) is 5.56 Å². The van der Waals surface area contributed by atoms with Crippen molar-refractivity contribution in [2.45, 2.75) is 45.9 Å². The van der Waals surface area contributed by atoms with Crippen molar-refractivity contribution < 1.29 is 30.4 Å². The number of aryl methyl sites for hydroxylation is 2. The third-order valence-corrected chi connectivity index (χ3v) is 8.33. The Kier molecular flexibility index (Phi) is 4.85. The van der Waals surface area contributed by atoms with Crippen LogP contribution in [0.5, 0.6) is 0 Å². The first-order valence-corrected chi connectivity index (χ1v) is 11.6. The second kappa shape index (κ2) is 6.77. The molecular weight excluding hydrogens is 418 g/mol. The first kappa shape index (κ1) is 22.2. The second-order valence-corrected chi connectivity index (χ2v) is 10.4. The van der Waals surface area contributed by atoms with Gasteiger partial charge in [0, 0.05) is 11.1 Å². The number of benzene rings is 2. The lowest BCUT2D eigenvalue weighted by Gasteiger charge is -2.45. The Balaban J connectivity index is 2.19. The molecular formula is C21H25BN2O6P+. The standard InChI is InChI=1S/C21H25BN2O6P/c1-5-14-6-8-15(9-7-14)17-12(3)13(4)18-19-16(17)10-11(2)23(19)21(28,29)31(22,30)24(18)20(25,26)27/h6-10,25-30H,5H2,1-4H3/q+1. The van der Waals surface area contributed by atoms with Gasteiger partial charge in [-0.3, -0.25) is 4.57 Å². The van der Waals surface area contributed by atoms with Crippen molar-refractivity contribution in [1.82, 2.24) is 4.57 Å². The van der Waals surface area contributed by atoms with Gasteiger partial charge in [-0.15, -0.1) is 4.67 Å². The van der Waals surface area contributed by atoms with Crippen LogP contribution in [0.3, 0.4) is 0 Å². The molecule has 6 N–H and O–H groups in total. The van der Waals surface area contributed by atoms with Crippen LogP contribution in [-0.4, -0.2) is 48.7 Å². The highest BCUT2D eigenvalue weighted by atomic mass is 31.2. The summed E-state index contributed by atoms with van der Waals surface area (Å²) >= 11 is 0. The molecule has 1 aliphatic rings. The fraction of sp³-hybridized carbons (Fsp3) is 0.333. The molecule has 162 valence electrons. The lowest BCUT2D eigenvalue weighted by molar-refractivity contribution is -0.303. The number of nitrogens with zero attached hydrogens (tertiary/aromatic N) is 2. The highest BCUT2D eigenvalue weighted by Crippen LogP contribution is 2.72. The summed E-state index contributed by atoms with van der Waals surface area (Å²) in [5.74, 6) is 0. The summed E-state index contributed by atoms with van der Waals surface area (Å²) in [6.45, 7) is 7.20. The van der Waals surface area contributed by atoms with Gasteiger partial charge in [-0.05, 0) is 61.1 Å². The summed E-state index contributed by atoms with van der Waals surface area (Å²) in [4.78, 5) is 10.9. The van der Waals surface area contributed by atoms with Crippen molar-refractivity contribution in [3.8, 4) is 11.1 Å². The van der Waals surface area contributed by atoms with Gasteiger partial charge in [-0.25, -0.2) is 4.89 Å². The van der Waals surface area contributed by atoms with Crippen LogP contribution in [0.25, 0.3) is 22.0 Å². The average molecular weight is 443 g/mol. The number of rotatable bonds is 3. The van der Waals surface area contributed by atoms with E-state index in [1.807, 2.05) is 31.2 Å². The normalized spacial score (nSPS) is 20.5. The zero-order valence-corrected chi connectivity index (χ0v) is 18.6. The van der Waals surface area contributed by atoms with Crippen LogP contribution >= 0.6 is 7.52 Å². The minimum Gasteiger partial charge on any atom is -0.323 e. The average Bonchev–Trinajstić information content (AvgIpc) is 3.01. The van der Waals surface area contributed by atoms with E-state index in [2.05, 4.69) is 6.92 Å². The Labute approximate surface area is 181 Å². The summed E-state index contributed by atoms with van der Waals surface area (Å²) < 4.78 is 1.39. The van der Waals surface area contributed by atoms with E-state index in [-0.39, 0.29) is 11.2 Å². The Bertz CT molecular complexity index is 1200. The molecule has 0 saturated carbocycles. The van der Waals surface area contributed by atoms with Crippen molar-refractivity contribution in [1.29, 1.82) is 0 Å². The highest BCUT2D eigenvalue weighted by Gasteiger charge is 2.69. The molecule has 2 radical (unpaired) electrons. The molecule has 0 aliphatic carbocycles. The van der Waals surface area contributed by atoms with Gasteiger partial charge in [-0.1, -0.05) is 31.2 Å². The van der Waals surface area contributed by atoms with Crippen LogP contribution in [0, 0.1) is 20.8 Å². The molecule has 1 aliphatic heterocycles. The van der Waals surface area contributed by atoms with Crippen molar-refractivity contribution in [3.63, 3.8) is 0 Å². The molecule has 0 spiro atoms. The maximum Gasteiger partial charge on any atom is 0.444 e. The topological polar surface area (TPSA) is 130 Å². The van der Waals surface area contributed by atoms with Crippen LogP contribution in [-0.2, 0) is 12.1 Å². The van der Waals surface area contributed by atoms with Gasteiger partial charge in [0.2, 0.25) is 0 Å². The van der Waals surface area contributed by atoms with E-state index in [0.717, 1.165) is 27.7 Å². The van der Waals surface area contributed by atoms with Gasteiger partial charge in [0.15, 0.2) is 0 Å². The summed E-state index contributed by atoms with van der Waals surface area (Å²) in [5.41, 5.74) is 1.63. The first-order valence-electron chi connectivity index (χ1n) is 9.83. The fourth-order valence-electron chi connectivity index (χ4n) is 4.52. The molecule has 8 nitrogen and oxygen atoms in total. The Morgan fingerprint density at radius 1 is 1.03 bits per heavy atom. The number of aromatic nitrogens is 1. The van der Waals surface area contributed by atoms with E-state index >= 15 is 0 Å². The Morgan fingerprint density at radius 3 is 2.13 bits per heavy atom. The zero-order chi connectivity index (χ0) is 23.1. The molecule has 0 saturated heterocycles. The number of hydrogen-bond acceptors (Lipinski definition) is 7. The third-order valence-electron chi connectivity index (χ3n) is 6.16. The molecule has 10 heteroatoms. The Hall–Kier alpha value is -1.97. The van der Waals surface area contributed by atoms with Crippen LogP contribution < -0.4 is 4.67 Å². The minimum absolute atomic E-state index is 0.0130. The van der Waals surface area contributed by atoms with Crippen LogP contribution in [0.2, 0.25) is 0 Å². The number of hydrogen-bond donors (Lipinski definition) is 6. The maximum atomic E-state index is 10.9. The lowest BCUT2D eigenvalue weighted by atomic mass is 9.91. The number of aliphatic hydroxyl groups is 5. The van der Waals surface area contributed by atoms with Gasteiger partial charge in [0.1, 0.15) is 5.69 Å². The molecule has 1 unspecified atom stereocenters. The third kappa shape index (κ3) is 2.89. The molecule has 1 aromatic heterocycles. The van der Waals surface area contributed by atoms with E-state index < -0.39 is 19.3 Å². The van der Waals surface area contributed by atoms with Crippen LogP contribution in [0.15, 0.2) is 30.3 Å². The summed E-state index contributed by atoms with van der Waals surface area (Å²) in [6, 6.07) is 9.69. The van der Waals surface area contributed by atoms with E-state index in [4.69, 9.17) is 7.57 Å². The van der Waals surface area contributed by atoms with Gasteiger partial charge >= 0.3 is 19.3 Å². The summed E-state index contributed by atoms with van der Waals surface area (Å²) in [7, 11) is 1.25. The Morgan fingerprint density at radius 2 is 1.61 bits per heavy atom. The monoisotopic (exact) mass is 443 g/mol. The largest absolute Gasteiger partial charge is 0.444 e. The summed E-state index contributed by atoms with van der Waals surface area (Å²) in [5, 5.41) is 52.5. The van der Waals surface area contributed by atoms with Gasteiger partial charge in [-0.2, -0.15) is 0 Å². The van der Waals surface area contributed by atoms with Gasteiger partial charge in [0.25, 0.3) is 7.52 Å². The molecule has 3 aromatic rings. The van der Waals surface area contributed by atoms with Gasteiger partial charge in [0.05, 0.1) is 5.52 Å². The molecule has 4 rings (SSSR count). The fourth-order valence-corrected chi connectivity index (χ4v) is 6.30. The highest BCUT2D eigenvalue weighted by molar-refractivity contribution is 7.94. The van der Waals surface area contributed by atoms with Crippen molar-refractivity contribution in [2.75, 3.05) is 4.67 Å². The maximum absolute atomic E-state index is 10.9. The minimum atomic E-state index is -4.65. The second-order valence-electron chi connectivity index (χ2n) is 8.07. The van der Waals surface area contributed by atoms with E-state index in [1.54, 1.807) is 19.9 Å². The molecule has 31 heavy (non-hydrogen) atoms. The molecule has 2 aromatic carbocycles. The van der Waals surface area contributed by atoms with Crippen LogP contribution in [0.4, 0.5) is 5.69 Å². The first-order chi connectivity index (χ1) is 14.2. The van der Waals surface area contributed by atoms with E-state index in [0.29, 0.717) is 21.3 Å². The molecule has 0 amide bonds. The van der Waals surface area contributed by atoms with Crippen molar-refractivity contribution in [2.24, 2.45) is 0 Å². The van der Waals surface area contributed by atoms with Crippen molar-refractivity contribution in [3.05, 3.63) is 52.7 Å². The summed E-state index contributed by atoms with van der Waals surface area (Å²) in [6.07, 6.45) is -2.75. The zero-order valence-electron chi connectivity index (χ0n) is 17.7. The number of anilines is 1. The smallest absolute Gasteiger partial charge is 0.323 e. The predicted octanol–water partition coefficient (Wildman–Crippen LogP) is 1.68. The quantitative estimate of drug-likeness (QED) is 0.206. The SMILES string of the molecule is [B][P+]1(O)N(C(O)(O)O)c2c(C)c(C)c(-c3ccc(CC)cc3)c3cc(C)n(c23)C1(O)O. The lowest BCUT2D eigenvalue weighted by Crippen LogP contribution is -2.57. The van der Waals surface area contributed by atoms with E-state index in [9.17, 15) is 30.4 Å². The molecule has 1 atom stereocenters. The van der Waals surface area contributed by atoms with Crippen LogP contribution in [0.1, 0.15) is 29.3 Å². The predicted molar refractivity (Wildman–Crippen MR) is 120 cm³/mol. The molecule has 2 heterocycles. The molecule has 0 fully saturated rings. The molecule has 0 bridgehead atoms. The van der Waals surface area contributed by atoms with Gasteiger partial charge < -0.3 is 25.5 Å². The van der Waals surface area contributed by atoms with Crippen molar-refractivity contribution >= 4 is 31.7 Å².